The van der Waals surface area contributed by atoms with Crippen molar-refractivity contribution < 1.29 is 4.42 Å². The van der Waals surface area contributed by atoms with Crippen LogP contribution in [0.15, 0.2) is 70.5 Å². The second kappa shape index (κ2) is 8.83. The minimum atomic E-state index is 0.411. The maximum absolute atomic E-state index is 5.54. The maximum Gasteiger partial charge on any atom is 0.181 e. The molecular formula is C28H29N5O. The molecule has 5 aliphatic rings. The molecule has 3 aromatic rings. The Labute approximate surface area is 200 Å². The van der Waals surface area contributed by atoms with Crippen molar-refractivity contribution in [3.8, 4) is 30.0 Å². The summed E-state index contributed by atoms with van der Waals surface area (Å²) >= 11 is 0. The van der Waals surface area contributed by atoms with Crippen LogP contribution in [0.2, 0.25) is 0 Å². The lowest BCUT2D eigenvalue weighted by Gasteiger charge is -2.62. The fourth-order valence-corrected chi connectivity index (χ4v) is 5.46. The van der Waals surface area contributed by atoms with Gasteiger partial charge in [-0.05, 0) is 54.4 Å². The topological polar surface area (TPSA) is 68.2 Å². The number of nitrogens with one attached hydrogen (secondary N) is 1. The van der Waals surface area contributed by atoms with Gasteiger partial charge in [-0.25, -0.2) is 9.97 Å². The lowest BCUT2D eigenvalue weighted by atomic mass is 9.42. The summed E-state index contributed by atoms with van der Waals surface area (Å²) in [6.45, 7) is 5.36. The van der Waals surface area contributed by atoms with Gasteiger partial charge in [-0.1, -0.05) is 32.1 Å². The molecule has 3 saturated carbocycles. The summed E-state index contributed by atoms with van der Waals surface area (Å²) in [7, 11) is 0. The van der Waals surface area contributed by atoms with E-state index >= 15 is 0 Å². The molecule has 8 rings (SSSR count). The Hall–Kier alpha value is -3.85. The Morgan fingerprint density at radius 2 is 2.00 bits per heavy atom. The van der Waals surface area contributed by atoms with Crippen molar-refractivity contribution in [3.05, 3.63) is 77.9 Å². The summed E-state index contributed by atoms with van der Waals surface area (Å²) in [4.78, 5) is 13.8. The molecule has 3 aliphatic carbocycles. The van der Waals surface area contributed by atoms with Crippen molar-refractivity contribution >= 4 is 5.71 Å². The van der Waals surface area contributed by atoms with E-state index in [0.29, 0.717) is 17.7 Å². The highest BCUT2D eigenvalue weighted by molar-refractivity contribution is 6.15. The number of aromatic nitrogens is 3. The smallest absolute Gasteiger partial charge is 0.181 e. The lowest BCUT2D eigenvalue weighted by Crippen LogP contribution is -2.55. The van der Waals surface area contributed by atoms with Crippen LogP contribution in [-0.2, 0) is 12.0 Å². The van der Waals surface area contributed by atoms with Crippen molar-refractivity contribution in [1.82, 2.24) is 19.9 Å². The Balaban J connectivity index is 0.000000574. The number of imidazole rings is 1. The Morgan fingerprint density at radius 3 is 2.65 bits per heavy atom. The van der Waals surface area contributed by atoms with Crippen LogP contribution in [0.3, 0.4) is 0 Å². The van der Waals surface area contributed by atoms with E-state index in [2.05, 4.69) is 69.1 Å². The SMILES string of the molecule is C#C.C1=CCNC(C2=NCc3c(-c4cnco4)ncn3-c3ccc(C45CC(C4)C5)cc32)=C1.CC. The van der Waals surface area contributed by atoms with Gasteiger partial charge in [-0.3, -0.25) is 9.56 Å². The third kappa shape index (κ3) is 3.31. The van der Waals surface area contributed by atoms with Gasteiger partial charge in [0.2, 0.25) is 0 Å². The number of benzene rings is 1. The van der Waals surface area contributed by atoms with E-state index < -0.39 is 0 Å². The van der Waals surface area contributed by atoms with Crippen LogP contribution in [0.4, 0.5) is 0 Å². The Morgan fingerprint density at radius 1 is 1.18 bits per heavy atom. The number of hydrogen-bond acceptors (Lipinski definition) is 5. The van der Waals surface area contributed by atoms with Crippen molar-refractivity contribution in [1.29, 1.82) is 0 Å². The molecular weight excluding hydrogens is 422 g/mol. The predicted octanol–water partition coefficient (Wildman–Crippen LogP) is 5.20. The van der Waals surface area contributed by atoms with Gasteiger partial charge in [0.25, 0.3) is 0 Å². The first-order chi connectivity index (χ1) is 16.8. The zero-order valence-electron chi connectivity index (χ0n) is 19.7. The summed E-state index contributed by atoms with van der Waals surface area (Å²) in [5.74, 6) is 1.63. The standard InChI is InChI=1S/C24H21N5O.C2H6.C2H2/c1-2-6-26-18(3-1)22-17-7-16(24-8-15(9-24)10-24)4-5-19(17)29-13-28-23(20(29)11-27-22)21-12-25-14-30-21;2*1-2/h1-5,7,12-15,26H,6,8-11H2;1-2H3;1-2H. The van der Waals surface area contributed by atoms with Gasteiger partial charge >= 0.3 is 0 Å². The first kappa shape index (κ1) is 22.0. The number of allylic oxidation sites excluding steroid dienone is 3. The van der Waals surface area contributed by atoms with Crippen LogP contribution >= 0.6 is 0 Å². The van der Waals surface area contributed by atoms with Gasteiger partial charge in [0.05, 0.1) is 35.5 Å². The highest BCUT2D eigenvalue weighted by Gasteiger charge is 2.57. The highest BCUT2D eigenvalue weighted by Crippen LogP contribution is 2.65. The van der Waals surface area contributed by atoms with Crippen molar-refractivity contribution in [2.75, 3.05) is 6.54 Å². The molecule has 6 nitrogen and oxygen atoms in total. The molecule has 0 atom stereocenters. The van der Waals surface area contributed by atoms with Crippen molar-refractivity contribution in [2.45, 2.75) is 45.1 Å². The number of oxazole rings is 1. The molecule has 6 heteroatoms. The average Bonchev–Trinajstić information content (AvgIpc) is 3.48. The van der Waals surface area contributed by atoms with E-state index in [4.69, 9.17) is 9.41 Å². The van der Waals surface area contributed by atoms with E-state index in [9.17, 15) is 0 Å². The minimum absolute atomic E-state index is 0.411. The number of hydrogen-bond donors (Lipinski definition) is 1. The molecule has 2 bridgehead atoms. The average molecular weight is 452 g/mol. The first-order valence-corrected chi connectivity index (χ1v) is 11.9. The van der Waals surface area contributed by atoms with Gasteiger partial charge in [-0.15, -0.1) is 12.8 Å². The molecule has 0 amide bonds. The van der Waals surface area contributed by atoms with E-state index in [1.807, 2.05) is 20.2 Å². The second-order valence-electron chi connectivity index (χ2n) is 8.82. The molecule has 0 unspecified atom stereocenters. The van der Waals surface area contributed by atoms with Crippen molar-refractivity contribution in [3.63, 3.8) is 0 Å². The molecule has 1 N–H and O–H groups in total. The second-order valence-corrected chi connectivity index (χ2v) is 8.82. The van der Waals surface area contributed by atoms with Crippen LogP contribution < -0.4 is 5.32 Å². The number of fused-ring (bicyclic) bond motifs is 3. The Bertz CT molecular complexity index is 1290. The molecule has 4 heterocycles. The highest BCUT2D eigenvalue weighted by atomic mass is 16.3. The summed E-state index contributed by atoms with van der Waals surface area (Å²) in [6.07, 6.45) is 23.4. The molecule has 2 aromatic heterocycles. The van der Waals surface area contributed by atoms with Crippen LogP contribution in [0, 0.1) is 18.8 Å². The maximum atomic E-state index is 5.54. The zero-order valence-corrected chi connectivity index (χ0v) is 19.7. The monoisotopic (exact) mass is 451 g/mol. The number of nitrogens with zero attached hydrogens (tertiary/aromatic N) is 4. The van der Waals surface area contributed by atoms with Crippen molar-refractivity contribution in [2.24, 2.45) is 10.9 Å². The Kier molecular flexibility index (Phi) is 5.70. The summed E-state index contributed by atoms with van der Waals surface area (Å²) in [6, 6.07) is 6.95. The first-order valence-electron chi connectivity index (χ1n) is 11.9. The van der Waals surface area contributed by atoms with Gasteiger partial charge in [0.1, 0.15) is 12.0 Å². The van der Waals surface area contributed by atoms with E-state index in [1.54, 1.807) is 6.20 Å². The molecule has 2 aliphatic heterocycles. The number of dihydropyridines is 1. The van der Waals surface area contributed by atoms with Crippen LogP contribution in [0.5, 0.6) is 0 Å². The molecule has 3 fully saturated rings. The predicted molar refractivity (Wildman–Crippen MR) is 135 cm³/mol. The molecule has 1 aromatic carbocycles. The minimum Gasteiger partial charge on any atom is -0.442 e. The number of terminal acetylenes is 1. The molecule has 0 radical (unpaired) electrons. The van der Waals surface area contributed by atoms with Gasteiger partial charge in [-0.2, -0.15) is 0 Å². The fraction of sp³-hybridized carbons (Fsp3) is 0.321. The van der Waals surface area contributed by atoms with Crippen LogP contribution in [0.25, 0.3) is 17.1 Å². The quantitative estimate of drug-likeness (QED) is 0.556. The normalized spacial score (nSPS) is 22.9. The van der Waals surface area contributed by atoms with Gasteiger partial charge < -0.3 is 9.73 Å². The van der Waals surface area contributed by atoms with Gasteiger partial charge in [0, 0.05) is 12.1 Å². The summed E-state index contributed by atoms with van der Waals surface area (Å²) in [5, 5.41) is 3.50. The van der Waals surface area contributed by atoms with Crippen LogP contribution in [0.1, 0.15) is 49.9 Å². The number of aliphatic imine (C=N–C) groups is 1. The summed E-state index contributed by atoms with van der Waals surface area (Å²) in [5.41, 5.74) is 8.09. The van der Waals surface area contributed by atoms with E-state index in [1.165, 1.54) is 36.8 Å². The van der Waals surface area contributed by atoms with Gasteiger partial charge in [0.15, 0.2) is 12.2 Å². The number of rotatable bonds is 3. The van der Waals surface area contributed by atoms with E-state index in [0.717, 1.165) is 40.9 Å². The third-order valence-corrected chi connectivity index (χ3v) is 7.15. The largest absolute Gasteiger partial charge is 0.442 e. The molecule has 0 spiro atoms. The van der Waals surface area contributed by atoms with Crippen LogP contribution in [-0.4, -0.2) is 26.8 Å². The molecule has 34 heavy (non-hydrogen) atoms. The molecule has 172 valence electrons. The fourth-order valence-electron chi connectivity index (χ4n) is 5.46. The lowest BCUT2D eigenvalue weighted by molar-refractivity contribution is -0.0274. The third-order valence-electron chi connectivity index (χ3n) is 7.15. The zero-order chi connectivity index (χ0) is 23.7. The van der Waals surface area contributed by atoms with E-state index in [-0.39, 0.29) is 0 Å². The summed E-state index contributed by atoms with van der Waals surface area (Å²) < 4.78 is 7.70. The molecule has 0 saturated heterocycles.